The molecule has 0 fully saturated rings. The molecule has 0 amide bonds. The minimum absolute atomic E-state index is 0.664. The summed E-state index contributed by atoms with van der Waals surface area (Å²) in [5.41, 5.74) is 6.19. The van der Waals surface area contributed by atoms with Gasteiger partial charge >= 0.3 is 0 Å². The Bertz CT molecular complexity index is 2880. The molecule has 10 aromatic carbocycles. The van der Waals surface area contributed by atoms with E-state index in [4.69, 9.17) is 0 Å². The first-order valence-corrected chi connectivity index (χ1v) is 16.7. The van der Waals surface area contributed by atoms with E-state index in [1.54, 1.807) is 0 Å². The lowest BCUT2D eigenvalue weighted by Gasteiger charge is -2.28. The molecular formula is C47H28N2. The van der Waals surface area contributed by atoms with Gasteiger partial charge < -0.3 is 4.90 Å². The summed E-state index contributed by atoms with van der Waals surface area (Å²) in [5.74, 6) is 0. The molecule has 2 nitrogen and oxygen atoms in total. The van der Waals surface area contributed by atoms with Crippen LogP contribution in [-0.4, -0.2) is 0 Å². The van der Waals surface area contributed by atoms with Crippen molar-refractivity contribution in [1.82, 2.24) is 0 Å². The SMILES string of the molecule is N#Cc1ccc(-c2ccc(N(c3ccc4c5ccccc5c5ccccc5c4c3)c3ccc4ccc5cccc6ccc3c4c56)cc2)cc1. The smallest absolute Gasteiger partial charge is 0.0991 e. The van der Waals surface area contributed by atoms with Crippen LogP contribution in [0.15, 0.2) is 170 Å². The largest absolute Gasteiger partial charge is 0.310 e. The number of fused-ring (bicyclic) bond motifs is 6. The maximum absolute atomic E-state index is 9.30. The van der Waals surface area contributed by atoms with E-state index in [1.165, 1.54) is 64.6 Å². The van der Waals surface area contributed by atoms with Crippen molar-refractivity contribution in [1.29, 1.82) is 5.26 Å². The minimum atomic E-state index is 0.664. The Labute approximate surface area is 283 Å². The summed E-state index contributed by atoms with van der Waals surface area (Å²) in [6.07, 6.45) is 0. The van der Waals surface area contributed by atoms with Gasteiger partial charge in [-0.1, -0.05) is 127 Å². The standard InChI is InChI=1S/C47H28N2/c48-29-30-12-14-31(15-13-30)32-18-22-36(23-19-32)49(45-27-21-35-17-16-33-6-5-7-34-20-25-43(45)47(35)46(33)34)37-24-26-42-40-10-2-1-8-38(40)39-9-3-4-11-41(39)44(42)28-37/h1-28H. The number of hydrogen-bond donors (Lipinski definition) is 0. The predicted octanol–water partition coefficient (Wildman–Crippen LogP) is 13.1. The molecule has 2 heteroatoms. The molecule has 0 heterocycles. The van der Waals surface area contributed by atoms with Crippen LogP contribution < -0.4 is 4.90 Å². The first-order chi connectivity index (χ1) is 24.2. The average molecular weight is 621 g/mol. The summed E-state index contributed by atoms with van der Waals surface area (Å²) in [7, 11) is 0. The van der Waals surface area contributed by atoms with E-state index in [-0.39, 0.29) is 0 Å². The molecule has 0 aliphatic heterocycles. The second-order valence-corrected chi connectivity index (χ2v) is 12.8. The zero-order valence-electron chi connectivity index (χ0n) is 26.6. The van der Waals surface area contributed by atoms with Crippen LogP contribution in [0.5, 0.6) is 0 Å². The molecule has 0 radical (unpaired) electrons. The Hall–Kier alpha value is -6.69. The number of hydrogen-bond acceptors (Lipinski definition) is 2. The molecule has 49 heavy (non-hydrogen) atoms. The van der Waals surface area contributed by atoms with Crippen LogP contribution in [0.1, 0.15) is 5.56 Å². The summed E-state index contributed by atoms with van der Waals surface area (Å²) in [6, 6.07) is 63.4. The monoisotopic (exact) mass is 620 g/mol. The third-order valence-electron chi connectivity index (χ3n) is 10.2. The van der Waals surface area contributed by atoms with E-state index < -0.39 is 0 Å². The fourth-order valence-corrected chi connectivity index (χ4v) is 7.92. The van der Waals surface area contributed by atoms with Gasteiger partial charge in [0.2, 0.25) is 0 Å². The van der Waals surface area contributed by atoms with Crippen LogP contribution in [0.25, 0.3) is 75.8 Å². The highest BCUT2D eigenvalue weighted by atomic mass is 15.1. The second-order valence-electron chi connectivity index (χ2n) is 12.8. The fraction of sp³-hybridized carbons (Fsp3) is 0. The molecule has 0 N–H and O–H groups in total. The van der Waals surface area contributed by atoms with Gasteiger partial charge in [0.05, 0.1) is 17.3 Å². The quantitative estimate of drug-likeness (QED) is 0.183. The molecule has 0 atom stereocenters. The van der Waals surface area contributed by atoms with Gasteiger partial charge in [-0.25, -0.2) is 0 Å². The zero-order chi connectivity index (χ0) is 32.5. The number of anilines is 3. The van der Waals surface area contributed by atoms with Gasteiger partial charge in [0.1, 0.15) is 0 Å². The van der Waals surface area contributed by atoms with E-state index in [2.05, 4.69) is 157 Å². The lowest BCUT2D eigenvalue weighted by molar-refractivity contribution is 1.31. The topological polar surface area (TPSA) is 27.0 Å². The first kappa shape index (κ1) is 27.4. The van der Waals surface area contributed by atoms with Gasteiger partial charge in [0, 0.05) is 16.8 Å². The second kappa shape index (κ2) is 10.7. The summed E-state index contributed by atoms with van der Waals surface area (Å²) in [4.78, 5) is 2.41. The van der Waals surface area contributed by atoms with E-state index >= 15 is 0 Å². The van der Waals surface area contributed by atoms with Crippen LogP contribution in [-0.2, 0) is 0 Å². The Morgan fingerprint density at radius 3 is 1.49 bits per heavy atom. The Morgan fingerprint density at radius 2 is 0.857 bits per heavy atom. The summed E-state index contributed by atoms with van der Waals surface area (Å²) in [6.45, 7) is 0. The molecule has 0 aromatic heterocycles. The molecule has 0 unspecified atom stereocenters. The van der Waals surface area contributed by atoms with Crippen molar-refractivity contribution in [3.63, 3.8) is 0 Å². The van der Waals surface area contributed by atoms with Crippen LogP contribution in [0.2, 0.25) is 0 Å². The first-order valence-electron chi connectivity index (χ1n) is 16.7. The molecule has 10 aromatic rings. The van der Waals surface area contributed by atoms with E-state index in [0.29, 0.717) is 5.56 Å². The molecule has 0 saturated heterocycles. The normalized spacial score (nSPS) is 11.7. The van der Waals surface area contributed by atoms with Gasteiger partial charge in [0.25, 0.3) is 0 Å². The Kier molecular flexibility index (Phi) is 5.97. The van der Waals surface area contributed by atoms with Gasteiger partial charge in [-0.2, -0.15) is 5.26 Å². The summed E-state index contributed by atoms with van der Waals surface area (Å²) < 4.78 is 0. The Morgan fingerprint density at radius 1 is 0.367 bits per heavy atom. The molecular weight excluding hydrogens is 593 g/mol. The zero-order valence-corrected chi connectivity index (χ0v) is 26.6. The van der Waals surface area contributed by atoms with E-state index in [9.17, 15) is 5.26 Å². The molecule has 0 aliphatic rings. The van der Waals surface area contributed by atoms with Crippen LogP contribution in [0.3, 0.4) is 0 Å². The lowest BCUT2D eigenvalue weighted by Crippen LogP contribution is -2.10. The van der Waals surface area contributed by atoms with Gasteiger partial charge in [-0.05, 0) is 113 Å². The lowest BCUT2D eigenvalue weighted by atomic mass is 9.92. The Balaban J connectivity index is 1.24. The van der Waals surface area contributed by atoms with Crippen molar-refractivity contribution in [2.24, 2.45) is 0 Å². The van der Waals surface area contributed by atoms with Crippen molar-refractivity contribution in [2.75, 3.05) is 4.90 Å². The van der Waals surface area contributed by atoms with Crippen LogP contribution in [0.4, 0.5) is 17.1 Å². The van der Waals surface area contributed by atoms with Crippen molar-refractivity contribution in [2.45, 2.75) is 0 Å². The number of rotatable bonds is 4. The number of nitriles is 1. The van der Waals surface area contributed by atoms with Crippen LogP contribution >= 0.6 is 0 Å². The minimum Gasteiger partial charge on any atom is -0.310 e. The van der Waals surface area contributed by atoms with Gasteiger partial charge in [-0.15, -0.1) is 0 Å². The van der Waals surface area contributed by atoms with E-state index in [1.807, 2.05) is 24.3 Å². The highest BCUT2D eigenvalue weighted by Crippen LogP contribution is 2.46. The molecule has 226 valence electrons. The fourth-order valence-electron chi connectivity index (χ4n) is 7.92. The van der Waals surface area contributed by atoms with E-state index in [0.717, 1.165) is 28.2 Å². The predicted molar refractivity (Wildman–Crippen MR) is 207 cm³/mol. The maximum atomic E-state index is 9.30. The third kappa shape index (κ3) is 4.20. The molecule has 0 aliphatic carbocycles. The number of benzene rings is 10. The number of nitrogens with zero attached hydrogens (tertiary/aromatic N) is 2. The van der Waals surface area contributed by atoms with Crippen molar-refractivity contribution >= 4 is 81.7 Å². The van der Waals surface area contributed by atoms with Gasteiger partial charge in [-0.3, -0.25) is 0 Å². The maximum Gasteiger partial charge on any atom is 0.0991 e. The molecule has 0 saturated carbocycles. The highest BCUT2D eigenvalue weighted by Gasteiger charge is 2.20. The third-order valence-corrected chi connectivity index (χ3v) is 10.2. The molecule has 0 spiro atoms. The summed E-state index contributed by atoms with van der Waals surface area (Å²) >= 11 is 0. The molecule has 10 rings (SSSR count). The highest BCUT2D eigenvalue weighted by molar-refractivity contribution is 6.27. The van der Waals surface area contributed by atoms with Gasteiger partial charge in [0.15, 0.2) is 0 Å². The average Bonchev–Trinajstić information content (AvgIpc) is 3.18. The van der Waals surface area contributed by atoms with Crippen molar-refractivity contribution < 1.29 is 0 Å². The van der Waals surface area contributed by atoms with Crippen LogP contribution in [0, 0.1) is 11.3 Å². The summed E-state index contributed by atoms with van der Waals surface area (Å²) in [5, 5.41) is 24.5. The van der Waals surface area contributed by atoms with Crippen molar-refractivity contribution in [3.05, 3.63) is 175 Å². The molecule has 0 bridgehead atoms. The van der Waals surface area contributed by atoms with Crippen molar-refractivity contribution in [3.8, 4) is 17.2 Å².